The van der Waals surface area contributed by atoms with E-state index in [1.807, 2.05) is 0 Å². The van der Waals surface area contributed by atoms with Crippen LogP contribution in [0.5, 0.6) is 11.5 Å². The molecule has 7 nitrogen and oxygen atoms in total. The van der Waals surface area contributed by atoms with Gasteiger partial charge in [-0.3, -0.25) is 9.59 Å². The summed E-state index contributed by atoms with van der Waals surface area (Å²) in [5.74, 6) is 0.655. The van der Waals surface area contributed by atoms with Gasteiger partial charge in [0.05, 0.1) is 6.21 Å². The molecule has 0 aliphatic carbocycles. The Morgan fingerprint density at radius 1 is 0.900 bits per heavy atom. The molecule has 0 atom stereocenters. The van der Waals surface area contributed by atoms with Crippen molar-refractivity contribution in [2.45, 2.75) is 0 Å². The van der Waals surface area contributed by atoms with E-state index in [2.05, 4.69) is 15.8 Å². The number of halogens is 1. The minimum absolute atomic E-state index is 0.197. The Hall–Kier alpha value is -3.84. The SMILES string of the molecule is O=C(NN=Cc1ccc2c(c1)OCO2)c1ccc(NC(=O)c2cccc(Cl)c2)cc1. The maximum Gasteiger partial charge on any atom is 0.271 e. The molecule has 30 heavy (non-hydrogen) atoms. The molecule has 0 saturated heterocycles. The highest BCUT2D eigenvalue weighted by molar-refractivity contribution is 6.31. The number of hydrogen-bond donors (Lipinski definition) is 2. The molecule has 4 rings (SSSR count). The summed E-state index contributed by atoms with van der Waals surface area (Å²) in [5.41, 5.74) is 4.63. The molecule has 3 aromatic carbocycles. The fourth-order valence-electron chi connectivity index (χ4n) is 2.76. The summed E-state index contributed by atoms with van der Waals surface area (Å²) in [6.45, 7) is 0.197. The van der Waals surface area contributed by atoms with E-state index < -0.39 is 0 Å². The molecule has 0 bridgehead atoms. The highest BCUT2D eigenvalue weighted by Gasteiger charge is 2.12. The van der Waals surface area contributed by atoms with Gasteiger partial charge in [0.25, 0.3) is 11.8 Å². The Morgan fingerprint density at radius 2 is 1.70 bits per heavy atom. The van der Waals surface area contributed by atoms with Crippen molar-refractivity contribution >= 4 is 35.3 Å². The monoisotopic (exact) mass is 421 g/mol. The minimum atomic E-state index is -0.375. The number of fused-ring (bicyclic) bond motifs is 1. The molecule has 150 valence electrons. The molecule has 1 aliphatic rings. The first kappa shape index (κ1) is 19.5. The van der Waals surface area contributed by atoms with Crippen molar-refractivity contribution in [1.82, 2.24) is 5.43 Å². The number of benzene rings is 3. The van der Waals surface area contributed by atoms with E-state index in [9.17, 15) is 9.59 Å². The summed E-state index contributed by atoms with van der Waals surface area (Å²) < 4.78 is 10.6. The van der Waals surface area contributed by atoms with E-state index in [1.165, 1.54) is 6.21 Å². The van der Waals surface area contributed by atoms with Crippen LogP contribution in [0.15, 0.2) is 71.8 Å². The zero-order chi connectivity index (χ0) is 20.9. The Kier molecular flexibility index (Phi) is 5.63. The van der Waals surface area contributed by atoms with Crippen molar-refractivity contribution in [3.63, 3.8) is 0 Å². The van der Waals surface area contributed by atoms with Crippen LogP contribution in [-0.2, 0) is 0 Å². The van der Waals surface area contributed by atoms with E-state index in [1.54, 1.807) is 66.7 Å². The van der Waals surface area contributed by atoms with Crippen LogP contribution in [0.25, 0.3) is 0 Å². The number of ether oxygens (including phenoxy) is 2. The van der Waals surface area contributed by atoms with Crippen LogP contribution in [-0.4, -0.2) is 24.8 Å². The first-order valence-corrected chi connectivity index (χ1v) is 9.36. The molecule has 1 aliphatic heterocycles. The number of nitrogens with zero attached hydrogens (tertiary/aromatic N) is 1. The summed E-state index contributed by atoms with van der Waals surface area (Å²) in [4.78, 5) is 24.5. The lowest BCUT2D eigenvalue weighted by molar-refractivity contribution is 0.0954. The number of rotatable bonds is 5. The quantitative estimate of drug-likeness (QED) is 0.479. The van der Waals surface area contributed by atoms with Gasteiger partial charge in [0.1, 0.15) is 0 Å². The molecule has 8 heteroatoms. The summed E-state index contributed by atoms with van der Waals surface area (Å²) >= 11 is 5.91. The van der Waals surface area contributed by atoms with E-state index in [0.717, 1.165) is 5.56 Å². The lowest BCUT2D eigenvalue weighted by atomic mass is 10.1. The molecule has 0 unspecified atom stereocenters. The van der Waals surface area contributed by atoms with Crippen molar-refractivity contribution in [2.24, 2.45) is 5.10 Å². The second-order valence-corrected chi connectivity index (χ2v) is 6.79. The molecule has 0 saturated carbocycles. The van der Waals surface area contributed by atoms with Gasteiger partial charge in [-0.15, -0.1) is 0 Å². The molecule has 2 N–H and O–H groups in total. The molecule has 0 radical (unpaired) electrons. The van der Waals surface area contributed by atoms with Gasteiger partial charge < -0.3 is 14.8 Å². The van der Waals surface area contributed by atoms with Gasteiger partial charge >= 0.3 is 0 Å². The Labute approximate surface area is 177 Å². The van der Waals surface area contributed by atoms with Crippen molar-refractivity contribution in [3.8, 4) is 11.5 Å². The van der Waals surface area contributed by atoms with Gasteiger partial charge in [0, 0.05) is 21.8 Å². The lowest BCUT2D eigenvalue weighted by Gasteiger charge is -2.06. The van der Waals surface area contributed by atoms with Crippen LogP contribution in [0.3, 0.4) is 0 Å². The van der Waals surface area contributed by atoms with Crippen molar-refractivity contribution in [1.29, 1.82) is 0 Å². The number of anilines is 1. The molecule has 0 aromatic heterocycles. The maximum atomic E-state index is 12.2. The minimum Gasteiger partial charge on any atom is -0.454 e. The summed E-state index contributed by atoms with van der Waals surface area (Å²) in [5, 5.41) is 7.20. The van der Waals surface area contributed by atoms with Crippen molar-refractivity contribution in [3.05, 3.63) is 88.4 Å². The van der Waals surface area contributed by atoms with Gasteiger partial charge in [-0.05, 0) is 66.2 Å². The molecule has 0 spiro atoms. The Balaban J connectivity index is 1.34. The van der Waals surface area contributed by atoms with Gasteiger partial charge in [-0.25, -0.2) is 5.43 Å². The van der Waals surface area contributed by atoms with Crippen LogP contribution in [0.1, 0.15) is 26.3 Å². The predicted molar refractivity (Wildman–Crippen MR) is 113 cm³/mol. The van der Waals surface area contributed by atoms with E-state index in [-0.39, 0.29) is 18.6 Å². The van der Waals surface area contributed by atoms with Crippen LogP contribution in [0.4, 0.5) is 5.69 Å². The number of nitrogens with one attached hydrogen (secondary N) is 2. The average Bonchev–Trinajstić information content (AvgIpc) is 3.22. The summed E-state index contributed by atoms with van der Waals surface area (Å²) in [6.07, 6.45) is 1.51. The molecular weight excluding hydrogens is 406 g/mol. The normalized spacial score (nSPS) is 12.0. The zero-order valence-electron chi connectivity index (χ0n) is 15.6. The molecule has 1 heterocycles. The second-order valence-electron chi connectivity index (χ2n) is 6.35. The van der Waals surface area contributed by atoms with Crippen molar-refractivity contribution < 1.29 is 19.1 Å². The summed E-state index contributed by atoms with van der Waals surface area (Å²) in [7, 11) is 0. The average molecular weight is 422 g/mol. The lowest BCUT2D eigenvalue weighted by Crippen LogP contribution is -2.17. The predicted octanol–water partition coefficient (Wildman–Crippen LogP) is 4.08. The zero-order valence-corrected chi connectivity index (χ0v) is 16.3. The standard InChI is InChI=1S/C22H16ClN3O4/c23-17-3-1-2-16(11-17)21(27)25-18-7-5-15(6-8-18)22(28)26-24-12-14-4-9-19-20(10-14)30-13-29-19/h1-12H,13H2,(H,25,27)(H,26,28). The van der Waals surface area contributed by atoms with Crippen LogP contribution in [0.2, 0.25) is 5.02 Å². The molecular formula is C22H16ClN3O4. The first-order chi connectivity index (χ1) is 14.6. The summed E-state index contributed by atoms with van der Waals surface area (Å²) in [6, 6.07) is 18.5. The number of carbonyl (C=O) groups is 2. The van der Waals surface area contributed by atoms with E-state index in [4.69, 9.17) is 21.1 Å². The van der Waals surface area contributed by atoms with Gasteiger partial charge in [-0.1, -0.05) is 17.7 Å². The number of carbonyl (C=O) groups excluding carboxylic acids is 2. The van der Waals surface area contributed by atoms with Crippen LogP contribution < -0.4 is 20.2 Å². The fraction of sp³-hybridized carbons (Fsp3) is 0.0455. The topological polar surface area (TPSA) is 89.0 Å². The molecule has 0 fully saturated rings. The van der Waals surface area contributed by atoms with Gasteiger partial charge in [-0.2, -0.15) is 5.10 Å². The second kappa shape index (κ2) is 8.67. The van der Waals surface area contributed by atoms with E-state index in [0.29, 0.717) is 33.3 Å². The highest BCUT2D eigenvalue weighted by atomic mass is 35.5. The fourth-order valence-corrected chi connectivity index (χ4v) is 2.95. The van der Waals surface area contributed by atoms with Gasteiger partial charge in [0.15, 0.2) is 11.5 Å². The Bertz CT molecular complexity index is 1130. The van der Waals surface area contributed by atoms with Crippen molar-refractivity contribution in [2.75, 3.05) is 12.1 Å². The third kappa shape index (κ3) is 4.59. The Morgan fingerprint density at radius 3 is 2.50 bits per heavy atom. The first-order valence-electron chi connectivity index (χ1n) is 8.98. The highest BCUT2D eigenvalue weighted by Crippen LogP contribution is 2.31. The third-order valence-electron chi connectivity index (χ3n) is 4.27. The van der Waals surface area contributed by atoms with E-state index >= 15 is 0 Å². The number of hydrogen-bond acceptors (Lipinski definition) is 5. The molecule has 2 amide bonds. The van der Waals surface area contributed by atoms with Crippen LogP contribution in [0, 0.1) is 0 Å². The van der Waals surface area contributed by atoms with Crippen LogP contribution >= 0.6 is 11.6 Å². The third-order valence-corrected chi connectivity index (χ3v) is 4.50. The van der Waals surface area contributed by atoms with Gasteiger partial charge in [0.2, 0.25) is 6.79 Å². The largest absolute Gasteiger partial charge is 0.454 e. The number of amides is 2. The molecule has 3 aromatic rings. The smallest absolute Gasteiger partial charge is 0.271 e. The maximum absolute atomic E-state index is 12.2. The number of hydrazone groups is 1.